The molecular formula is C31H30N2O6. The molecule has 1 fully saturated rings. The first-order chi connectivity index (χ1) is 18.9. The molecule has 200 valence electrons. The van der Waals surface area contributed by atoms with Crippen LogP contribution >= 0.6 is 0 Å². The minimum atomic E-state index is -0.860. The number of rotatable bonds is 9. The number of likely N-dealkylation sites (tertiary alicyclic amines) is 1. The molecule has 0 saturated carbocycles. The molecule has 0 unspecified atom stereocenters. The third-order valence-corrected chi connectivity index (χ3v) is 6.73. The second-order valence-electron chi connectivity index (χ2n) is 9.48. The highest BCUT2D eigenvalue weighted by molar-refractivity contribution is 6.46. The van der Waals surface area contributed by atoms with E-state index < -0.39 is 17.7 Å². The minimum absolute atomic E-state index is 0.0120. The van der Waals surface area contributed by atoms with Gasteiger partial charge in [0.1, 0.15) is 24.2 Å². The highest BCUT2D eigenvalue weighted by Crippen LogP contribution is 2.43. The van der Waals surface area contributed by atoms with Gasteiger partial charge in [0.15, 0.2) is 11.5 Å². The topological polar surface area (TPSA) is 98.2 Å². The second kappa shape index (κ2) is 11.0. The van der Waals surface area contributed by atoms with Gasteiger partial charge in [0.05, 0.1) is 18.2 Å². The smallest absolute Gasteiger partial charge is 0.295 e. The molecule has 0 bridgehead atoms. The van der Waals surface area contributed by atoms with Crippen molar-refractivity contribution in [1.82, 2.24) is 9.88 Å². The Balaban J connectivity index is 1.64. The van der Waals surface area contributed by atoms with Crippen LogP contribution in [0.2, 0.25) is 0 Å². The van der Waals surface area contributed by atoms with Crippen LogP contribution in [0.4, 0.5) is 0 Å². The Kier molecular flexibility index (Phi) is 7.36. The number of aromatic nitrogens is 1. The van der Waals surface area contributed by atoms with E-state index in [0.29, 0.717) is 42.3 Å². The van der Waals surface area contributed by atoms with Crippen molar-refractivity contribution in [3.63, 3.8) is 0 Å². The van der Waals surface area contributed by atoms with Crippen LogP contribution in [-0.2, 0) is 22.6 Å². The van der Waals surface area contributed by atoms with E-state index in [0.717, 1.165) is 16.9 Å². The fraction of sp³-hybridized carbons (Fsp3) is 0.258. The maximum absolute atomic E-state index is 13.5. The number of aliphatic hydroxyl groups excluding tert-OH is 1. The van der Waals surface area contributed by atoms with E-state index >= 15 is 0 Å². The quantitative estimate of drug-likeness (QED) is 0.182. The average molecular weight is 527 g/mol. The van der Waals surface area contributed by atoms with Crippen LogP contribution in [-0.4, -0.2) is 46.0 Å². The van der Waals surface area contributed by atoms with Crippen LogP contribution in [0, 0.1) is 0 Å². The van der Waals surface area contributed by atoms with Crippen LogP contribution in [0.3, 0.4) is 0 Å². The van der Waals surface area contributed by atoms with E-state index in [1.807, 2.05) is 26.0 Å². The van der Waals surface area contributed by atoms with E-state index in [4.69, 9.17) is 14.2 Å². The predicted octanol–water partition coefficient (Wildman–Crippen LogP) is 4.99. The van der Waals surface area contributed by atoms with Crippen molar-refractivity contribution in [3.8, 4) is 17.2 Å². The summed E-state index contributed by atoms with van der Waals surface area (Å²) in [5, 5.41) is 11.5. The Morgan fingerprint density at radius 1 is 1.18 bits per heavy atom. The lowest BCUT2D eigenvalue weighted by Crippen LogP contribution is -2.29. The number of benzene rings is 2. The number of nitrogens with zero attached hydrogens (tertiary/aromatic N) is 2. The van der Waals surface area contributed by atoms with E-state index in [1.54, 1.807) is 54.9 Å². The molecule has 3 aromatic rings. The third-order valence-electron chi connectivity index (χ3n) is 6.73. The molecule has 8 heteroatoms. The summed E-state index contributed by atoms with van der Waals surface area (Å²) in [6.07, 6.45) is 5.65. The van der Waals surface area contributed by atoms with Crippen molar-refractivity contribution in [2.24, 2.45) is 0 Å². The zero-order valence-electron chi connectivity index (χ0n) is 21.9. The summed E-state index contributed by atoms with van der Waals surface area (Å²) in [6.45, 7) is 8.33. The normalized spacial score (nSPS) is 19.5. The van der Waals surface area contributed by atoms with Crippen LogP contribution < -0.4 is 14.2 Å². The van der Waals surface area contributed by atoms with Gasteiger partial charge in [-0.25, -0.2) is 0 Å². The van der Waals surface area contributed by atoms with Gasteiger partial charge in [0.2, 0.25) is 0 Å². The largest absolute Gasteiger partial charge is 0.507 e. The first kappa shape index (κ1) is 26.0. The number of hydrogen-bond acceptors (Lipinski definition) is 7. The number of amides is 1. The molecule has 0 aliphatic carbocycles. The molecule has 1 aromatic heterocycles. The van der Waals surface area contributed by atoms with Crippen LogP contribution in [0.25, 0.3) is 5.76 Å². The summed E-state index contributed by atoms with van der Waals surface area (Å²) in [6, 6.07) is 13.3. The number of fused-ring (bicyclic) bond motifs is 1. The van der Waals surface area contributed by atoms with Gasteiger partial charge in [-0.05, 0) is 66.9 Å². The van der Waals surface area contributed by atoms with Gasteiger partial charge < -0.3 is 24.2 Å². The Morgan fingerprint density at radius 2 is 2.03 bits per heavy atom. The Hall–Kier alpha value is -4.59. The molecule has 1 amide bonds. The molecule has 0 radical (unpaired) electrons. The molecule has 2 aliphatic rings. The number of pyridine rings is 1. The van der Waals surface area contributed by atoms with Gasteiger partial charge in [-0.1, -0.05) is 24.8 Å². The molecule has 0 spiro atoms. The van der Waals surface area contributed by atoms with Crippen LogP contribution in [0.1, 0.15) is 42.1 Å². The molecule has 2 aliphatic heterocycles. The molecule has 2 aromatic carbocycles. The number of Topliss-reactive ketones (excluding diaryl/α,β-unsaturated/α-hetero) is 1. The fourth-order valence-electron chi connectivity index (χ4n) is 5.03. The van der Waals surface area contributed by atoms with Crippen molar-refractivity contribution < 1.29 is 28.9 Å². The number of ketones is 1. The van der Waals surface area contributed by atoms with Gasteiger partial charge in [-0.3, -0.25) is 14.6 Å². The zero-order valence-corrected chi connectivity index (χ0v) is 21.9. The van der Waals surface area contributed by atoms with Crippen molar-refractivity contribution >= 4 is 17.4 Å². The van der Waals surface area contributed by atoms with Crippen molar-refractivity contribution in [2.45, 2.75) is 39.0 Å². The molecule has 39 heavy (non-hydrogen) atoms. The highest BCUT2D eigenvalue weighted by Gasteiger charge is 2.46. The lowest BCUT2D eigenvalue weighted by molar-refractivity contribution is -0.140. The lowest BCUT2D eigenvalue weighted by atomic mass is 9.94. The van der Waals surface area contributed by atoms with Crippen molar-refractivity contribution in [1.29, 1.82) is 0 Å². The van der Waals surface area contributed by atoms with E-state index in [9.17, 15) is 14.7 Å². The molecule has 1 saturated heterocycles. The first-order valence-electron chi connectivity index (χ1n) is 12.9. The number of hydrogen-bond donors (Lipinski definition) is 1. The van der Waals surface area contributed by atoms with Gasteiger partial charge >= 0.3 is 0 Å². The summed E-state index contributed by atoms with van der Waals surface area (Å²) in [4.78, 5) is 32.5. The van der Waals surface area contributed by atoms with E-state index in [1.165, 1.54) is 4.90 Å². The standard InChI is InChI=1S/C31H30N2O6/c1-4-13-38-25-11-8-21(16-26(25)37-5-2)28-27(29(34)22-9-10-24-23(15-22)14-19(3)39-24)30(35)31(36)33(28)18-20-7-6-12-32-17-20/h4,6-12,15-17,19,28,34H,1,5,13-14,18H2,2-3H3/b29-27+/t19-,28+/m0/s1. The number of ether oxygens (including phenoxy) is 3. The molecule has 3 heterocycles. The van der Waals surface area contributed by atoms with Crippen LogP contribution in [0.15, 0.2) is 79.2 Å². The Bertz CT molecular complexity index is 1450. The monoisotopic (exact) mass is 526 g/mol. The lowest BCUT2D eigenvalue weighted by Gasteiger charge is -2.26. The Labute approximate surface area is 227 Å². The molecule has 8 nitrogen and oxygen atoms in total. The maximum Gasteiger partial charge on any atom is 0.295 e. The second-order valence-corrected chi connectivity index (χ2v) is 9.48. The molecule has 2 atom stereocenters. The predicted molar refractivity (Wildman–Crippen MR) is 146 cm³/mol. The summed E-state index contributed by atoms with van der Waals surface area (Å²) < 4.78 is 17.4. The molecular weight excluding hydrogens is 496 g/mol. The van der Waals surface area contributed by atoms with Gasteiger partial charge in [0, 0.05) is 30.9 Å². The average Bonchev–Trinajstić information content (AvgIpc) is 3.43. The first-order valence-corrected chi connectivity index (χ1v) is 12.9. The third kappa shape index (κ3) is 5.10. The van der Waals surface area contributed by atoms with Crippen molar-refractivity contribution in [2.75, 3.05) is 13.2 Å². The van der Waals surface area contributed by atoms with E-state index in [2.05, 4.69) is 11.6 Å². The van der Waals surface area contributed by atoms with Gasteiger partial charge in [0.25, 0.3) is 11.7 Å². The summed E-state index contributed by atoms with van der Waals surface area (Å²) in [7, 11) is 0. The summed E-state index contributed by atoms with van der Waals surface area (Å²) in [5.74, 6) is 0.0401. The SMILES string of the molecule is C=CCOc1ccc([C@@H]2/C(=C(\O)c3ccc4c(c3)C[C@H](C)O4)C(=O)C(=O)N2Cc2cccnc2)cc1OCC. The number of carbonyl (C=O) groups is 2. The van der Waals surface area contributed by atoms with Gasteiger partial charge in [-0.2, -0.15) is 0 Å². The molecule has 1 N–H and O–H groups in total. The number of carbonyl (C=O) groups excluding carboxylic acids is 2. The Morgan fingerprint density at radius 3 is 2.77 bits per heavy atom. The molecule has 5 rings (SSSR count). The van der Waals surface area contributed by atoms with E-state index in [-0.39, 0.29) is 24.0 Å². The van der Waals surface area contributed by atoms with Gasteiger partial charge in [-0.15, -0.1) is 0 Å². The van der Waals surface area contributed by atoms with Crippen molar-refractivity contribution in [3.05, 3.63) is 101 Å². The fourth-order valence-corrected chi connectivity index (χ4v) is 5.03. The number of aliphatic hydroxyl groups is 1. The highest BCUT2D eigenvalue weighted by atomic mass is 16.5. The maximum atomic E-state index is 13.5. The summed E-state index contributed by atoms with van der Waals surface area (Å²) in [5.41, 5.74) is 2.76. The minimum Gasteiger partial charge on any atom is -0.507 e. The summed E-state index contributed by atoms with van der Waals surface area (Å²) >= 11 is 0. The zero-order chi connectivity index (χ0) is 27.5. The van der Waals surface area contributed by atoms with Crippen LogP contribution in [0.5, 0.6) is 17.2 Å².